The molecule has 0 saturated heterocycles. The fourth-order valence-electron chi connectivity index (χ4n) is 1.38. The lowest BCUT2D eigenvalue weighted by Gasteiger charge is -2.26. The maximum absolute atomic E-state index is 12.2. The maximum atomic E-state index is 12.2. The Hall–Kier alpha value is -0.330. The summed E-state index contributed by atoms with van der Waals surface area (Å²) in [4.78, 5) is 0. The van der Waals surface area contributed by atoms with Gasteiger partial charge in [0.1, 0.15) is 0 Å². The highest BCUT2D eigenvalue weighted by Crippen LogP contribution is 2.34. The zero-order valence-corrected chi connectivity index (χ0v) is 8.50. The van der Waals surface area contributed by atoms with Crippen molar-refractivity contribution in [3.05, 3.63) is 0 Å². The van der Waals surface area contributed by atoms with Gasteiger partial charge < -0.3 is 15.6 Å². The number of alkyl halides is 3. The van der Waals surface area contributed by atoms with E-state index in [0.717, 1.165) is 19.8 Å². The van der Waals surface area contributed by atoms with Crippen LogP contribution in [0.3, 0.4) is 0 Å². The SMILES string of the molecule is CC(OC(CO)C(N)C1CC1)C(F)(F)F. The second kappa shape index (κ2) is 4.67. The number of hydrogen-bond donors (Lipinski definition) is 2. The van der Waals surface area contributed by atoms with Crippen molar-refractivity contribution in [1.29, 1.82) is 0 Å². The summed E-state index contributed by atoms with van der Waals surface area (Å²) in [6.07, 6.45) is -5.41. The Bertz CT molecular complexity index is 206. The van der Waals surface area contributed by atoms with Gasteiger partial charge in [-0.2, -0.15) is 13.2 Å². The van der Waals surface area contributed by atoms with Gasteiger partial charge in [-0.05, 0) is 25.7 Å². The topological polar surface area (TPSA) is 55.5 Å². The van der Waals surface area contributed by atoms with Gasteiger partial charge in [0.15, 0.2) is 6.10 Å². The van der Waals surface area contributed by atoms with Crippen molar-refractivity contribution in [1.82, 2.24) is 0 Å². The van der Waals surface area contributed by atoms with Gasteiger partial charge in [0.2, 0.25) is 0 Å². The summed E-state index contributed by atoms with van der Waals surface area (Å²) >= 11 is 0. The zero-order valence-electron chi connectivity index (χ0n) is 8.50. The molecule has 0 bridgehead atoms. The van der Waals surface area contributed by atoms with Gasteiger partial charge in [0.05, 0.1) is 12.7 Å². The van der Waals surface area contributed by atoms with Gasteiger partial charge in [-0.15, -0.1) is 0 Å². The van der Waals surface area contributed by atoms with Crippen LogP contribution in [0.25, 0.3) is 0 Å². The van der Waals surface area contributed by atoms with Crippen LogP contribution < -0.4 is 5.73 Å². The van der Waals surface area contributed by atoms with E-state index in [9.17, 15) is 13.2 Å². The van der Waals surface area contributed by atoms with E-state index in [1.807, 2.05) is 0 Å². The Morgan fingerprint density at radius 3 is 2.33 bits per heavy atom. The third-order valence-electron chi connectivity index (χ3n) is 2.62. The van der Waals surface area contributed by atoms with Crippen LogP contribution in [0.2, 0.25) is 0 Å². The molecule has 0 radical (unpaired) electrons. The molecule has 6 heteroatoms. The van der Waals surface area contributed by atoms with Crippen molar-refractivity contribution in [2.45, 2.75) is 44.2 Å². The molecule has 3 N–H and O–H groups in total. The quantitative estimate of drug-likeness (QED) is 0.738. The van der Waals surface area contributed by atoms with Gasteiger partial charge in [0.25, 0.3) is 0 Å². The zero-order chi connectivity index (χ0) is 11.6. The molecule has 1 aliphatic rings. The Balaban J connectivity index is 2.45. The lowest BCUT2D eigenvalue weighted by atomic mass is 10.1. The average molecular weight is 227 g/mol. The smallest absolute Gasteiger partial charge is 0.394 e. The first-order valence-electron chi connectivity index (χ1n) is 4.95. The largest absolute Gasteiger partial charge is 0.414 e. The highest BCUT2D eigenvalue weighted by Gasteiger charge is 2.41. The molecular formula is C9H16F3NO2. The van der Waals surface area contributed by atoms with E-state index in [2.05, 4.69) is 0 Å². The third kappa shape index (κ3) is 3.62. The van der Waals surface area contributed by atoms with Crippen molar-refractivity contribution in [3.8, 4) is 0 Å². The predicted octanol–water partition coefficient (Wildman–Crippen LogP) is 1.05. The second-order valence-corrected chi connectivity index (χ2v) is 3.96. The highest BCUT2D eigenvalue weighted by molar-refractivity contribution is 4.89. The number of ether oxygens (including phenoxy) is 1. The molecule has 1 fully saturated rings. The molecule has 0 aromatic rings. The van der Waals surface area contributed by atoms with Crippen molar-refractivity contribution in [3.63, 3.8) is 0 Å². The molecular weight excluding hydrogens is 211 g/mol. The van der Waals surface area contributed by atoms with E-state index in [1.165, 1.54) is 0 Å². The second-order valence-electron chi connectivity index (χ2n) is 3.96. The van der Waals surface area contributed by atoms with Crippen molar-refractivity contribution < 1.29 is 23.0 Å². The molecule has 3 atom stereocenters. The fourth-order valence-corrected chi connectivity index (χ4v) is 1.38. The molecule has 0 amide bonds. The lowest BCUT2D eigenvalue weighted by Crippen LogP contribution is -2.45. The summed E-state index contributed by atoms with van der Waals surface area (Å²) in [5, 5.41) is 8.92. The summed E-state index contributed by atoms with van der Waals surface area (Å²) in [6.45, 7) is 0.445. The van der Waals surface area contributed by atoms with E-state index in [4.69, 9.17) is 15.6 Å². The number of hydrogen-bond acceptors (Lipinski definition) is 3. The minimum atomic E-state index is -4.41. The molecule has 1 aliphatic carbocycles. The Morgan fingerprint density at radius 2 is 2.00 bits per heavy atom. The Kier molecular flexibility index (Phi) is 3.97. The van der Waals surface area contributed by atoms with Crippen LogP contribution in [-0.4, -0.2) is 36.1 Å². The molecule has 1 rings (SSSR count). The first kappa shape index (κ1) is 12.7. The Labute approximate surface area is 86.4 Å². The van der Waals surface area contributed by atoms with Gasteiger partial charge >= 0.3 is 6.18 Å². The van der Waals surface area contributed by atoms with E-state index in [-0.39, 0.29) is 5.92 Å². The molecule has 90 valence electrons. The van der Waals surface area contributed by atoms with E-state index >= 15 is 0 Å². The predicted molar refractivity (Wildman–Crippen MR) is 48.2 cm³/mol. The van der Waals surface area contributed by atoms with Crippen LogP contribution in [0.15, 0.2) is 0 Å². The lowest BCUT2D eigenvalue weighted by molar-refractivity contribution is -0.232. The number of aliphatic hydroxyl groups excluding tert-OH is 1. The van der Waals surface area contributed by atoms with Crippen molar-refractivity contribution in [2.24, 2.45) is 11.7 Å². The van der Waals surface area contributed by atoms with Crippen molar-refractivity contribution >= 4 is 0 Å². The molecule has 0 spiro atoms. The van der Waals surface area contributed by atoms with Gasteiger partial charge in [-0.1, -0.05) is 0 Å². The minimum absolute atomic E-state index is 0.197. The van der Waals surface area contributed by atoms with Gasteiger partial charge in [-0.25, -0.2) is 0 Å². The molecule has 0 aliphatic heterocycles. The summed E-state index contributed by atoms with van der Waals surface area (Å²) in [7, 11) is 0. The van der Waals surface area contributed by atoms with Crippen LogP contribution in [-0.2, 0) is 4.74 Å². The monoisotopic (exact) mass is 227 g/mol. The maximum Gasteiger partial charge on any atom is 0.414 e. The number of halogens is 3. The van der Waals surface area contributed by atoms with Crippen molar-refractivity contribution in [2.75, 3.05) is 6.61 Å². The molecule has 3 nitrogen and oxygen atoms in total. The van der Waals surface area contributed by atoms with Gasteiger partial charge in [-0.3, -0.25) is 0 Å². The summed E-state index contributed by atoms with van der Waals surface area (Å²) < 4.78 is 41.3. The standard InChI is InChI=1S/C9H16F3NO2/c1-5(9(10,11)12)15-7(4-14)8(13)6-2-3-6/h5-8,14H,2-4,13H2,1H3. The molecule has 0 aromatic carbocycles. The molecule has 1 saturated carbocycles. The summed E-state index contributed by atoms with van der Waals surface area (Å²) in [5.74, 6) is 0.197. The van der Waals surface area contributed by atoms with Crippen LogP contribution in [0.5, 0.6) is 0 Å². The number of aliphatic hydroxyl groups is 1. The fraction of sp³-hybridized carbons (Fsp3) is 1.00. The van der Waals surface area contributed by atoms with Crippen LogP contribution >= 0.6 is 0 Å². The molecule has 3 unspecified atom stereocenters. The molecule has 0 heterocycles. The van der Waals surface area contributed by atoms with E-state index in [0.29, 0.717) is 0 Å². The molecule has 0 aromatic heterocycles. The first-order chi connectivity index (χ1) is 6.86. The normalized spacial score (nSPS) is 23.6. The minimum Gasteiger partial charge on any atom is -0.394 e. The summed E-state index contributed by atoms with van der Waals surface area (Å²) in [5.41, 5.74) is 5.67. The van der Waals surface area contributed by atoms with E-state index < -0.39 is 31.0 Å². The summed E-state index contributed by atoms with van der Waals surface area (Å²) in [6, 6.07) is -0.500. The number of nitrogens with two attached hydrogens (primary N) is 1. The molecule has 15 heavy (non-hydrogen) atoms. The van der Waals surface area contributed by atoms with Crippen LogP contribution in [0, 0.1) is 5.92 Å². The number of rotatable bonds is 5. The highest BCUT2D eigenvalue weighted by atomic mass is 19.4. The van der Waals surface area contributed by atoms with Crippen LogP contribution in [0.1, 0.15) is 19.8 Å². The van der Waals surface area contributed by atoms with E-state index in [1.54, 1.807) is 0 Å². The van der Waals surface area contributed by atoms with Crippen LogP contribution in [0.4, 0.5) is 13.2 Å². The third-order valence-corrected chi connectivity index (χ3v) is 2.62. The van der Waals surface area contributed by atoms with Gasteiger partial charge in [0, 0.05) is 6.04 Å². The first-order valence-corrected chi connectivity index (χ1v) is 4.95. The average Bonchev–Trinajstić information content (AvgIpc) is 2.93. The Morgan fingerprint density at radius 1 is 1.47 bits per heavy atom.